The fourth-order valence-electron chi connectivity index (χ4n) is 5.68. The number of hydrogen-bond acceptors (Lipinski definition) is 3. The fourth-order valence-corrected chi connectivity index (χ4v) is 5.68. The minimum atomic E-state index is 0.671. The SMILES string of the molecule is Cc1ccc2c(c1)c1cc(-c3nc(-c4ccccc4)nc(-c4ccccc4)n3)cc3c4ccccc4n2c31. The molecule has 3 aromatic heterocycles. The minimum absolute atomic E-state index is 0.671. The maximum Gasteiger partial charge on any atom is 0.164 e. The van der Waals surface area contributed by atoms with Crippen LogP contribution >= 0.6 is 0 Å². The van der Waals surface area contributed by atoms with Crippen molar-refractivity contribution in [3.8, 4) is 34.2 Å². The zero-order valence-corrected chi connectivity index (χ0v) is 20.8. The van der Waals surface area contributed by atoms with Gasteiger partial charge in [-0.25, -0.2) is 15.0 Å². The van der Waals surface area contributed by atoms with Crippen LogP contribution in [0.2, 0.25) is 0 Å². The quantitative estimate of drug-likeness (QED) is 0.252. The first-order valence-electron chi connectivity index (χ1n) is 12.8. The molecule has 178 valence electrons. The Labute approximate surface area is 219 Å². The molecular formula is C34H22N4. The highest BCUT2D eigenvalue weighted by atomic mass is 15.0. The van der Waals surface area contributed by atoms with Crippen molar-refractivity contribution in [1.82, 2.24) is 19.4 Å². The molecule has 0 atom stereocenters. The third kappa shape index (κ3) is 3.07. The molecule has 0 bridgehead atoms. The van der Waals surface area contributed by atoms with Gasteiger partial charge in [-0.3, -0.25) is 0 Å². The van der Waals surface area contributed by atoms with E-state index in [2.05, 4.69) is 65.9 Å². The summed E-state index contributed by atoms with van der Waals surface area (Å²) in [5, 5.41) is 4.91. The Morgan fingerprint density at radius 3 is 1.63 bits per heavy atom. The Bertz CT molecular complexity index is 2070. The van der Waals surface area contributed by atoms with E-state index >= 15 is 0 Å². The van der Waals surface area contributed by atoms with E-state index in [1.54, 1.807) is 0 Å². The van der Waals surface area contributed by atoms with Gasteiger partial charge in [0.25, 0.3) is 0 Å². The summed E-state index contributed by atoms with van der Waals surface area (Å²) in [6, 6.07) is 40.1. The zero-order valence-electron chi connectivity index (χ0n) is 20.8. The molecule has 0 saturated heterocycles. The van der Waals surface area contributed by atoms with Crippen LogP contribution in [-0.4, -0.2) is 19.4 Å². The molecule has 0 radical (unpaired) electrons. The topological polar surface area (TPSA) is 43.1 Å². The standard InChI is InChI=1S/C34H22N4/c1-21-16-17-30-26(18-21)28-20-24(19-27-25-14-8-9-15-29(25)38(30)31(27)28)34-36-32(22-10-4-2-5-11-22)35-33(37-34)23-12-6-3-7-13-23/h2-20H,1H3. The molecule has 0 aliphatic heterocycles. The van der Waals surface area contributed by atoms with Gasteiger partial charge in [0.1, 0.15) is 0 Å². The van der Waals surface area contributed by atoms with Crippen molar-refractivity contribution in [2.45, 2.75) is 6.92 Å². The summed E-state index contributed by atoms with van der Waals surface area (Å²) in [4.78, 5) is 14.9. The summed E-state index contributed by atoms with van der Waals surface area (Å²) in [5.41, 5.74) is 7.86. The lowest BCUT2D eigenvalue weighted by Crippen LogP contribution is -2.00. The predicted molar refractivity (Wildman–Crippen MR) is 156 cm³/mol. The third-order valence-corrected chi connectivity index (χ3v) is 7.41. The summed E-state index contributed by atoms with van der Waals surface area (Å²) < 4.78 is 2.40. The highest BCUT2D eigenvalue weighted by molar-refractivity contribution is 6.24. The summed E-state index contributed by atoms with van der Waals surface area (Å²) in [7, 11) is 0. The fraction of sp³-hybridized carbons (Fsp3) is 0.0294. The molecule has 5 aromatic carbocycles. The van der Waals surface area contributed by atoms with Crippen molar-refractivity contribution in [2.75, 3.05) is 0 Å². The molecule has 0 aliphatic rings. The molecule has 38 heavy (non-hydrogen) atoms. The van der Waals surface area contributed by atoms with Crippen LogP contribution in [0, 0.1) is 6.92 Å². The summed E-state index contributed by atoms with van der Waals surface area (Å²) in [6.07, 6.45) is 0. The lowest BCUT2D eigenvalue weighted by molar-refractivity contribution is 1.07. The number of nitrogens with zero attached hydrogens (tertiary/aromatic N) is 4. The van der Waals surface area contributed by atoms with Crippen LogP contribution in [-0.2, 0) is 0 Å². The molecule has 4 heteroatoms. The van der Waals surface area contributed by atoms with E-state index in [9.17, 15) is 0 Å². The van der Waals surface area contributed by atoms with E-state index in [0.717, 1.165) is 16.7 Å². The minimum Gasteiger partial charge on any atom is -0.308 e. The van der Waals surface area contributed by atoms with Gasteiger partial charge >= 0.3 is 0 Å². The molecule has 8 rings (SSSR count). The maximum atomic E-state index is 5.01. The van der Waals surface area contributed by atoms with Crippen molar-refractivity contribution in [3.63, 3.8) is 0 Å². The lowest BCUT2D eigenvalue weighted by Gasteiger charge is -2.09. The van der Waals surface area contributed by atoms with E-state index in [1.165, 1.54) is 43.7 Å². The van der Waals surface area contributed by atoms with Crippen LogP contribution in [0.1, 0.15) is 5.56 Å². The number of fused-ring (bicyclic) bond motifs is 6. The molecule has 0 aliphatic carbocycles. The first kappa shape index (κ1) is 21.0. The van der Waals surface area contributed by atoms with Gasteiger partial charge in [0.15, 0.2) is 17.5 Å². The van der Waals surface area contributed by atoms with Crippen molar-refractivity contribution in [2.24, 2.45) is 0 Å². The van der Waals surface area contributed by atoms with E-state index in [-0.39, 0.29) is 0 Å². The molecule has 0 fully saturated rings. The van der Waals surface area contributed by atoms with E-state index in [1.807, 2.05) is 60.7 Å². The lowest BCUT2D eigenvalue weighted by atomic mass is 10.0. The Morgan fingerprint density at radius 1 is 0.447 bits per heavy atom. The van der Waals surface area contributed by atoms with Crippen LogP contribution < -0.4 is 0 Å². The zero-order chi connectivity index (χ0) is 25.2. The highest BCUT2D eigenvalue weighted by Crippen LogP contribution is 2.41. The molecule has 0 N–H and O–H groups in total. The van der Waals surface area contributed by atoms with Crippen molar-refractivity contribution >= 4 is 38.1 Å². The second-order valence-electron chi connectivity index (χ2n) is 9.83. The van der Waals surface area contributed by atoms with Crippen LogP contribution in [0.3, 0.4) is 0 Å². The van der Waals surface area contributed by atoms with Crippen molar-refractivity contribution in [1.29, 1.82) is 0 Å². The molecule has 0 amide bonds. The van der Waals surface area contributed by atoms with Gasteiger partial charge in [-0.1, -0.05) is 90.5 Å². The Balaban J connectivity index is 1.48. The Morgan fingerprint density at radius 2 is 0.974 bits per heavy atom. The number of rotatable bonds is 3. The Kier molecular flexibility index (Phi) is 4.40. The number of aryl methyl sites for hydroxylation is 1. The number of benzene rings is 5. The number of aromatic nitrogens is 4. The van der Waals surface area contributed by atoms with Crippen LogP contribution in [0.15, 0.2) is 115 Å². The second-order valence-corrected chi connectivity index (χ2v) is 9.83. The molecule has 0 spiro atoms. The highest BCUT2D eigenvalue weighted by Gasteiger charge is 2.20. The van der Waals surface area contributed by atoms with Crippen molar-refractivity contribution < 1.29 is 0 Å². The van der Waals surface area contributed by atoms with Gasteiger partial charge in [0.05, 0.1) is 16.6 Å². The maximum absolute atomic E-state index is 5.01. The average molecular weight is 487 g/mol. The van der Waals surface area contributed by atoms with Crippen LogP contribution in [0.5, 0.6) is 0 Å². The third-order valence-electron chi connectivity index (χ3n) is 7.41. The normalized spacial score (nSPS) is 11.8. The molecule has 3 heterocycles. The Hall–Kier alpha value is -5.09. The van der Waals surface area contributed by atoms with Gasteiger partial charge in [-0.05, 0) is 37.3 Å². The summed E-state index contributed by atoms with van der Waals surface area (Å²) >= 11 is 0. The molecule has 0 unspecified atom stereocenters. The first-order valence-corrected chi connectivity index (χ1v) is 12.8. The smallest absolute Gasteiger partial charge is 0.164 e. The van der Waals surface area contributed by atoms with E-state index in [0.29, 0.717) is 17.5 Å². The molecule has 0 saturated carbocycles. The van der Waals surface area contributed by atoms with Gasteiger partial charge in [-0.15, -0.1) is 0 Å². The van der Waals surface area contributed by atoms with Crippen LogP contribution in [0.4, 0.5) is 0 Å². The van der Waals surface area contributed by atoms with E-state index < -0.39 is 0 Å². The number of hydrogen-bond donors (Lipinski definition) is 0. The first-order chi connectivity index (χ1) is 18.7. The monoisotopic (exact) mass is 486 g/mol. The molecule has 8 aromatic rings. The molecular weight excluding hydrogens is 464 g/mol. The van der Waals surface area contributed by atoms with E-state index in [4.69, 9.17) is 15.0 Å². The summed E-state index contributed by atoms with van der Waals surface area (Å²) in [6.45, 7) is 2.15. The predicted octanol–water partition coefficient (Wildman–Crippen LogP) is 8.33. The van der Waals surface area contributed by atoms with Gasteiger partial charge in [0, 0.05) is 38.2 Å². The second kappa shape index (κ2) is 7.95. The largest absolute Gasteiger partial charge is 0.308 e. The number of para-hydroxylation sites is 1. The molecule has 4 nitrogen and oxygen atoms in total. The van der Waals surface area contributed by atoms with Gasteiger partial charge < -0.3 is 4.40 Å². The van der Waals surface area contributed by atoms with Crippen LogP contribution in [0.25, 0.3) is 72.3 Å². The van der Waals surface area contributed by atoms with Crippen molar-refractivity contribution in [3.05, 3.63) is 121 Å². The average Bonchev–Trinajstić information content (AvgIpc) is 3.49. The van der Waals surface area contributed by atoms with Gasteiger partial charge in [-0.2, -0.15) is 0 Å². The van der Waals surface area contributed by atoms with Gasteiger partial charge in [0.2, 0.25) is 0 Å². The summed E-state index contributed by atoms with van der Waals surface area (Å²) in [5.74, 6) is 2.02.